The first-order valence-corrected chi connectivity index (χ1v) is 12.8. The van der Waals surface area contributed by atoms with Crippen molar-refractivity contribution in [3.05, 3.63) is 154 Å². The molecule has 2 heteroatoms. The Kier molecular flexibility index (Phi) is 4.74. The average molecular weight is 478 g/mol. The molecular weight excluding hydrogens is 450 g/mol. The van der Waals surface area contributed by atoms with Crippen LogP contribution < -0.4 is 4.74 Å². The molecule has 0 amide bonds. The van der Waals surface area contributed by atoms with Crippen molar-refractivity contribution in [2.45, 2.75) is 25.2 Å². The Morgan fingerprint density at radius 2 is 1.38 bits per heavy atom. The second kappa shape index (κ2) is 8.04. The minimum atomic E-state index is -0.0895. The minimum absolute atomic E-state index is 0.0895. The number of hydrogen-bond donors (Lipinski definition) is 1. The summed E-state index contributed by atoms with van der Waals surface area (Å²) in [6, 6.07) is 40.2. The molecule has 1 heterocycles. The van der Waals surface area contributed by atoms with Crippen molar-refractivity contribution >= 4 is 5.71 Å². The maximum absolute atomic E-state index is 9.33. The monoisotopic (exact) mass is 477 g/mol. The Labute approximate surface area is 217 Å². The molecule has 1 atom stereocenters. The molecule has 0 spiro atoms. The number of nitrogens with one attached hydrogen (secondary N) is 1. The van der Waals surface area contributed by atoms with Gasteiger partial charge in [0.25, 0.3) is 0 Å². The van der Waals surface area contributed by atoms with E-state index < -0.39 is 0 Å². The van der Waals surface area contributed by atoms with Gasteiger partial charge in [-0.1, -0.05) is 117 Å². The van der Waals surface area contributed by atoms with Gasteiger partial charge in [0.05, 0.1) is 5.71 Å². The van der Waals surface area contributed by atoms with Crippen LogP contribution in [0.15, 0.2) is 115 Å². The zero-order chi connectivity index (χ0) is 25.1. The first kappa shape index (κ1) is 21.8. The molecule has 0 aromatic heterocycles. The molecule has 0 fully saturated rings. The van der Waals surface area contributed by atoms with E-state index in [4.69, 9.17) is 4.74 Å². The second-order valence-corrected chi connectivity index (χ2v) is 10.5. The fraction of sp³-hybridized carbons (Fsp3) is 0.114. The molecule has 5 aromatic rings. The summed E-state index contributed by atoms with van der Waals surface area (Å²) in [5.41, 5.74) is 10.8. The zero-order valence-electron chi connectivity index (χ0n) is 21.0. The molecule has 5 aromatic carbocycles. The predicted molar refractivity (Wildman–Crippen MR) is 150 cm³/mol. The van der Waals surface area contributed by atoms with Crippen LogP contribution in [-0.4, -0.2) is 5.71 Å². The van der Waals surface area contributed by atoms with E-state index in [1.165, 1.54) is 33.4 Å². The molecule has 0 saturated heterocycles. The first-order valence-electron chi connectivity index (χ1n) is 12.8. The summed E-state index contributed by atoms with van der Waals surface area (Å²) in [6.45, 7) is 4.55. The van der Waals surface area contributed by atoms with Crippen LogP contribution in [0.2, 0.25) is 0 Å². The van der Waals surface area contributed by atoms with E-state index in [0.717, 1.165) is 28.2 Å². The molecule has 2 aliphatic rings. The number of para-hydroxylation sites is 1. The van der Waals surface area contributed by atoms with Crippen LogP contribution in [0.1, 0.15) is 58.7 Å². The van der Waals surface area contributed by atoms with Crippen molar-refractivity contribution in [1.82, 2.24) is 0 Å². The van der Waals surface area contributed by atoms with E-state index >= 15 is 0 Å². The Hall–Kier alpha value is -4.43. The van der Waals surface area contributed by atoms with E-state index in [-0.39, 0.29) is 11.3 Å². The minimum Gasteiger partial charge on any atom is -0.457 e. The highest BCUT2D eigenvalue weighted by Crippen LogP contribution is 2.51. The van der Waals surface area contributed by atoms with Gasteiger partial charge in [-0.25, -0.2) is 0 Å². The van der Waals surface area contributed by atoms with Crippen molar-refractivity contribution in [2.75, 3.05) is 0 Å². The summed E-state index contributed by atoms with van der Waals surface area (Å²) >= 11 is 0. The van der Waals surface area contributed by atoms with E-state index in [1.807, 2.05) is 12.1 Å². The van der Waals surface area contributed by atoms with Crippen LogP contribution in [0.4, 0.5) is 0 Å². The fourth-order valence-electron chi connectivity index (χ4n) is 6.24. The van der Waals surface area contributed by atoms with E-state index in [0.29, 0.717) is 5.71 Å². The van der Waals surface area contributed by atoms with Crippen LogP contribution in [0.25, 0.3) is 11.1 Å². The van der Waals surface area contributed by atoms with E-state index in [2.05, 4.69) is 117 Å². The topological polar surface area (TPSA) is 33.1 Å². The molecule has 0 bridgehead atoms. The third-order valence-electron chi connectivity index (χ3n) is 8.07. The number of fused-ring (bicyclic) bond motifs is 5. The molecule has 178 valence electrons. The third kappa shape index (κ3) is 3.22. The lowest BCUT2D eigenvalue weighted by Gasteiger charge is -2.29. The highest BCUT2D eigenvalue weighted by Gasteiger charge is 2.37. The summed E-state index contributed by atoms with van der Waals surface area (Å²) in [4.78, 5) is 0. The van der Waals surface area contributed by atoms with Crippen molar-refractivity contribution in [3.8, 4) is 22.6 Å². The maximum Gasteiger partial charge on any atom is 0.132 e. The Bertz CT molecular complexity index is 1700. The summed E-state index contributed by atoms with van der Waals surface area (Å²) < 4.78 is 6.44. The van der Waals surface area contributed by atoms with Crippen molar-refractivity contribution in [1.29, 1.82) is 5.41 Å². The maximum atomic E-state index is 9.33. The van der Waals surface area contributed by atoms with Gasteiger partial charge in [0.2, 0.25) is 0 Å². The number of hydrogen-bond acceptors (Lipinski definition) is 2. The van der Waals surface area contributed by atoms with E-state index in [9.17, 15) is 5.41 Å². The summed E-state index contributed by atoms with van der Waals surface area (Å²) in [5.74, 6) is 1.80. The molecule has 0 saturated carbocycles. The Morgan fingerprint density at radius 1 is 0.676 bits per heavy atom. The quantitative estimate of drug-likeness (QED) is 0.254. The summed E-state index contributed by atoms with van der Waals surface area (Å²) in [5, 5.41) is 9.33. The average Bonchev–Trinajstić information content (AvgIpc) is 3.18. The largest absolute Gasteiger partial charge is 0.457 e. The Balaban J connectivity index is 1.36. The van der Waals surface area contributed by atoms with Gasteiger partial charge in [-0.3, -0.25) is 5.41 Å². The molecule has 1 N–H and O–H groups in total. The molecule has 1 unspecified atom stereocenters. The van der Waals surface area contributed by atoms with Gasteiger partial charge >= 0.3 is 0 Å². The lowest BCUT2D eigenvalue weighted by Crippen LogP contribution is -2.15. The molecule has 0 radical (unpaired) electrons. The van der Waals surface area contributed by atoms with Gasteiger partial charge in [0, 0.05) is 33.6 Å². The van der Waals surface area contributed by atoms with Crippen LogP contribution in [0.5, 0.6) is 11.5 Å². The number of ether oxygens (including phenoxy) is 1. The summed E-state index contributed by atoms with van der Waals surface area (Å²) in [6.07, 6.45) is 0. The Morgan fingerprint density at radius 3 is 2.24 bits per heavy atom. The fourth-order valence-corrected chi connectivity index (χ4v) is 6.24. The zero-order valence-corrected chi connectivity index (χ0v) is 21.0. The third-order valence-corrected chi connectivity index (χ3v) is 8.07. The van der Waals surface area contributed by atoms with Gasteiger partial charge in [0.1, 0.15) is 11.5 Å². The normalized spacial score (nSPS) is 16.1. The van der Waals surface area contributed by atoms with Crippen LogP contribution in [0.3, 0.4) is 0 Å². The molecule has 7 rings (SSSR count). The molecule has 2 nitrogen and oxygen atoms in total. The van der Waals surface area contributed by atoms with Crippen LogP contribution in [-0.2, 0) is 5.41 Å². The van der Waals surface area contributed by atoms with E-state index in [1.54, 1.807) is 0 Å². The number of rotatable bonds is 3. The SMILES string of the molecule is CC1(C)c2ccccc2-c2c(C(=N)c3ccc4c(c3)Oc3ccccc3C4c3ccccc3)cccc21. The standard InChI is InChI=1S/C35H27NO/c1-35(2)28-16-8-6-13-24(28)33-27(15-10-17-29(33)35)34(36)23-19-20-26-31(21-23)37-30-18-9-7-14-25(30)32(26)22-11-4-3-5-12-22/h3-21,32,36H,1-2H3. The van der Waals surface area contributed by atoms with Gasteiger partial charge in [-0.2, -0.15) is 0 Å². The lowest BCUT2D eigenvalue weighted by atomic mass is 9.81. The van der Waals surface area contributed by atoms with Crippen molar-refractivity contribution < 1.29 is 4.74 Å². The van der Waals surface area contributed by atoms with Gasteiger partial charge < -0.3 is 4.74 Å². The highest BCUT2D eigenvalue weighted by atomic mass is 16.5. The molecular formula is C35H27NO. The van der Waals surface area contributed by atoms with Crippen LogP contribution in [0, 0.1) is 5.41 Å². The van der Waals surface area contributed by atoms with Gasteiger partial charge in [0.15, 0.2) is 0 Å². The van der Waals surface area contributed by atoms with Gasteiger partial charge in [-0.05, 0) is 39.9 Å². The van der Waals surface area contributed by atoms with Crippen molar-refractivity contribution in [3.63, 3.8) is 0 Å². The number of benzene rings is 5. The molecule has 37 heavy (non-hydrogen) atoms. The van der Waals surface area contributed by atoms with Crippen molar-refractivity contribution in [2.24, 2.45) is 0 Å². The van der Waals surface area contributed by atoms with Crippen LogP contribution >= 0.6 is 0 Å². The highest BCUT2D eigenvalue weighted by molar-refractivity contribution is 6.16. The summed E-state index contributed by atoms with van der Waals surface area (Å²) in [7, 11) is 0. The molecule has 1 aliphatic carbocycles. The lowest BCUT2D eigenvalue weighted by molar-refractivity contribution is 0.453. The van der Waals surface area contributed by atoms with Gasteiger partial charge in [-0.15, -0.1) is 0 Å². The second-order valence-electron chi connectivity index (χ2n) is 10.5. The first-order chi connectivity index (χ1) is 18.0. The predicted octanol–water partition coefficient (Wildman–Crippen LogP) is 8.69. The smallest absolute Gasteiger partial charge is 0.132 e. The molecule has 1 aliphatic heterocycles.